The first-order chi connectivity index (χ1) is 25.6. The molecular weight excluding hydrogens is 669 g/mol. The summed E-state index contributed by atoms with van der Waals surface area (Å²) in [7, 11) is 1.50. The van der Waals surface area contributed by atoms with Crippen molar-refractivity contribution < 1.29 is 0 Å². The average Bonchev–Trinajstić information content (AvgIpc) is 3.21. The van der Waals surface area contributed by atoms with Crippen molar-refractivity contribution in [3.05, 3.63) is 168 Å². The lowest BCUT2D eigenvalue weighted by molar-refractivity contribution is 1.42. The Morgan fingerprint density at radius 2 is 0.827 bits per heavy atom. The number of hydrogen-bond donors (Lipinski definition) is 2. The molecule has 0 spiro atoms. The minimum absolute atomic E-state index is 0.862. The van der Waals surface area contributed by atoms with Crippen LogP contribution in [0.1, 0.15) is 47.2 Å². The highest BCUT2D eigenvalue weighted by molar-refractivity contribution is 8.01. The molecule has 0 aromatic heterocycles. The molecule has 0 aliphatic heterocycles. The zero-order valence-corrected chi connectivity index (χ0v) is 32.5. The van der Waals surface area contributed by atoms with Crippen molar-refractivity contribution in [2.24, 2.45) is 11.5 Å². The average molecular weight is 719 g/mol. The first kappa shape index (κ1) is 39.8. The van der Waals surface area contributed by atoms with Crippen LogP contribution in [0, 0.1) is 0 Å². The van der Waals surface area contributed by atoms with Crippen molar-refractivity contribution in [2.75, 3.05) is 13.3 Å². The third-order valence-electron chi connectivity index (χ3n) is 8.88. The molecule has 0 aliphatic carbocycles. The second kappa shape index (κ2) is 19.6. The Hall–Kier alpha value is -5.00. The molecular formula is C48H50N2S2. The summed E-state index contributed by atoms with van der Waals surface area (Å²) in [6.07, 6.45) is 11.7. The highest BCUT2D eigenvalue weighted by atomic mass is 32.2. The molecule has 0 radical (unpaired) electrons. The molecule has 0 atom stereocenters. The van der Waals surface area contributed by atoms with Crippen molar-refractivity contribution in [1.82, 2.24) is 0 Å². The van der Waals surface area contributed by atoms with Gasteiger partial charge < -0.3 is 11.5 Å². The Morgan fingerprint density at radius 3 is 1.15 bits per heavy atom. The van der Waals surface area contributed by atoms with Crippen LogP contribution in [-0.2, 0) is 11.5 Å². The topological polar surface area (TPSA) is 52.0 Å². The summed E-state index contributed by atoms with van der Waals surface area (Å²) < 4.78 is 0. The highest BCUT2D eigenvalue weighted by Gasteiger charge is 2.24. The van der Waals surface area contributed by atoms with E-state index in [0.29, 0.717) is 0 Å². The molecule has 264 valence electrons. The van der Waals surface area contributed by atoms with Crippen LogP contribution >= 0.6 is 23.5 Å². The molecule has 6 aromatic carbocycles. The number of thioether (sulfide) groups is 2. The number of hydrogen-bond acceptors (Lipinski definition) is 4. The molecule has 0 fully saturated rings. The van der Waals surface area contributed by atoms with E-state index in [1.54, 1.807) is 18.0 Å². The van der Waals surface area contributed by atoms with Gasteiger partial charge >= 0.3 is 0 Å². The highest BCUT2D eigenvalue weighted by Crippen LogP contribution is 2.49. The summed E-state index contributed by atoms with van der Waals surface area (Å²) in [5, 5.41) is 6.56. The lowest BCUT2D eigenvalue weighted by Crippen LogP contribution is -2.01. The maximum absolute atomic E-state index is 5.54. The van der Waals surface area contributed by atoms with Gasteiger partial charge in [0, 0.05) is 17.7 Å². The van der Waals surface area contributed by atoms with Crippen LogP contribution in [0.4, 0.5) is 0 Å². The van der Waals surface area contributed by atoms with Crippen LogP contribution in [0.2, 0.25) is 0 Å². The van der Waals surface area contributed by atoms with Gasteiger partial charge in [0.1, 0.15) is 0 Å². The first-order valence-electron chi connectivity index (χ1n) is 17.5. The van der Waals surface area contributed by atoms with Gasteiger partial charge in [0.2, 0.25) is 0 Å². The van der Waals surface area contributed by atoms with E-state index in [1.165, 1.54) is 29.1 Å². The number of nitrogens with two attached hydrogens (primary N) is 2. The molecule has 0 amide bonds. The zero-order chi connectivity index (χ0) is 37.6. The van der Waals surface area contributed by atoms with Crippen LogP contribution in [0.3, 0.4) is 0 Å². The van der Waals surface area contributed by atoms with Gasteiger partial charge in [-0.3, -0.25) is 0 Å². The van der Waals surface area contributed by atoms with Gasteiger partial charge in [-0.2, -0.15) is 11.8 Å². The summed E-state index contributed by atoms with van der Waals surface area (Å²) in [5.41, 5.74) is 23.7. The van der Waals surface area contributed by atoms with E-state index in [2.05, 4.69) is 135 Å². The van der Waals surface area contributed by atoms with E-state index in [0.717, 1.165) is 77.7 Å². The second-order valence-electron chi connectivity index (χ2n) is 11.5. The fourth-order valence-corrected chi connectivity index (χ4v) is 7.99. The summed E-state index contributed by atoms with van der Waals surface area (Å²) in [5.74, 6) is 1.85. The molecule has 0 bridgehead atoms. The molecule has 52 heavy (non-hydrogen) atoms. The molecule has 0 saturated heterocycles. The Kier molecular flexibility index (Phi) is 15.0. The minimum atomic E-state index is 0.862. The third kappa shape index (κ3) is 7.90. The number of rotatable bonds is 12. The predicted molar refractivity (Wildman–Crippen MR) is 241 cm³/mol. The summed E-state index contributed by atoms with van der Waals surface area (Å²) in [4.78, 5) is 0. The molecule has 6 aromatic rings. The van der Waals surface area contributed by atoms with Gasteiger partial charge in [0.15, 0.2) is 0 Å². The number of benzene rings is 6. The largest absolute Gasteiger partial charge is 0.404 e. The van der Waals surface area contributed by atoms with Crippen molar-refractivity contribution in [3.63, 3.8) is 0 Å². The number of fused-ring (bicyclic) bond motifs is 2. The lowest BCUT2D eigenvalue weighted by atomic mass is 9.78. The van der Waals surface area contributed by atoms with Gasteiger partial charge in [-0.1, -0.05) is 162 Å². The Morgan fingerprint density at radius 1 is 0.500 bits per heavy atom. The Balaban J connectivity index is 0.00000146. The maximum atomic E-state index is 5.54. The fourth-order valence-electron chi connectivity index (χ4n) is 6.87. The quantitative estimate of drug-likeness (QED) is 0.132. The van der Waals surface area contributed by atoms with E-state index in [1.807, 2.05) is 55.3 Å². The third-order valence-corrected chi connectivity index (χ3v) is 10.3. The van der Waals surface area contributed by atoms with E-state index in [-0.39, 0.29) is 0 Å². The van der Waals surface area contributed by atoms with Gasteiger partial charge in [-0.05, 0) is 107 Å². The van der Waals surface area contributed by atoms with Gasteiger partial charge in [0.25, 0.3) is 0 Å². The van der Waals surface area contributed by atoms with Crippen molar-refractivity contribution in [3.8, 4) is 33.4 Å². The van der Waals surface area contributed by atoms with E-state index >= 15 is 0 Å². The SMILES string of the molecule is C=Cc1c(C=C)c(-c2c(C=C)c(C=C)c(-c3ccc(CS/C=C\N)cc3)c3ccccc23)c2ccccc2c1-c1ccc(CSC)cc1.CC.CN. The molecule has 4 N–H and O–H groups in total. The van der Waals surface area contributed by atoms with Crippen molar-refractivity contribution >= 4 is 69.4 Å². The fraction of sp³-hybridized carbons (Fsp3) is 0.125. The predicted octanol–water partition coefficient (Wildman–Crippen LogP) is 13.7. The van der Waals surface area contributed by atoms with Crippen LogP contribution < -0.4 is 11.5 Å². The van der Waals surface area contributed by atoms with Crippen molar-refractivity contribution in [2.45, 2.75) is 25.4 Å². The standard InChI is InChI=1S/C45H39NS2.C2H6.CH5N/c1-6-34-36(8-3)44(40-16-12-10-14-38(40)42(34)32-22-18-30(19-23-32)28-47-5)45-37(9-4)35(7-2)43(39-15-11-13-17-41(39)45)33-24-20-31(21-25-33)29-48-27-26-46;2*1-2/h6-27H,1-4,28-29,46H2,5H3;1-2H3;2H2,1H3/b27-26-;;. The zero-order valence-electron chi connectivity index (χ0n) is 30.9. The second-order valence-corrected chi connectivity index (χ2v) is 13.3. The van der Waals surface area contributed by atoms with Crippen LogP contribution in [0.15, 0.2) is 135 Å². The van der Waals surface area contributed by atoms with Crippen LogP contribution in [0.5, 0.6) is 0 Å². The molecule has 6 rings (SSSR count). The normalized spacial score (nSPS) is 10.6. The molecule has 0 saturated carbocycles. The Labute approximate surface area is 319 Å². The lowest BCUT2D eigenvalue weighted by Gasteiger charge is -2.25. The smallest absolute Gasteiger partial charge is 0.0226 e. The minimum Gasteiger partial charge on any atom is -0.404 e. The molecule has 4 heteroatoms. The summed E-state index contributed by atoms with van der Waals surface area (Å²) in [6.45, 7) is 21.4. The molecule has 0 aliphatic rings. The Bertz CT molecular complexity index is 2210. The van der Waals surface area contributed by atoms with E-state index < -0.39 is 0 Å². The van der Waals surface area contributed by atoms with Gasteiger partial charge in [0.05, 0.1) is 0 Å². The first-order valence-corrected chi connectivity index (χ1v) is 20.0. The maximum Gasteiger partial charge on any atom is 0.0226 e. The summed E-state index contributed by atoms with van der Waals surface area (Å²) in [6, 6.07) is 35.1. The summed E-state index contributed by atoms with van der Waals surface area (Å²) >= 11 is 3.51. The van der Waals surface area contributed by atoms with E-state index in [4.69, 9.17) is 5.73 Å². The molecule has 2 nitrogen and oxygen atoms in total. The van der Waals surface area contributed by atoms with Crippen LogP contribution in [-0.4, -0.2) is 13.3 Å². The van der Waals surface area contributed by atoms with Gasteiger partial charge in [-0.15, -0.1) is 11.8 Å². The molecule has 0 heterocycles. The van der Waals surface area contributed by atoms with Crippen LogP contribution in [0.25, 0.3) is 79.2 Å². The van der Waals surface area contributed by atoms with Gasteiger partial charge in [-0.25, -0.2) is 0 Å². The van der Waals surface area contributed by atoms with E-state index in [9.17, 15) is 0 Å². The van der Waals surface area contributed by atoms with Crippen molar-refractivity contribution in [1.29, 1.82) is 0 Å². The molecule has 0 unspecified atom stereocenters. The monoisotopic (exact) mass is 718 g/mol.